The molecule has 1 saturated heterocycles. The van der Waals surface area contributed by atoms with Gasteiger partial charge in [0.25, 0.3) is 0 Å². The first-order valence-corrected chi connectivity index (χ1v) is 12.4. The normalized spacial score (nSPS) is 18.2. The molecule has 2 fully saturated rings. The summed E-state index contributed by atoms with van der Waals surface area (Å²) in [4.78, 5) is 17.4. The molecular formula is C28H37FN2O2. The third-order valence-corrected chi connectivity index (χ3v) is 6.86. The number of anilines is 2. The van der Waals surface area contributed by atoms with Gasteiger partial charge in [0.05, 0.1) is 0 Å². The summed E-state index contributed by atoms with van der Waals surface area (Å²) in [5, 5.41) is 0. The standard InChI is InChI=1S/C28H37FN2O2/c1-28(2,3)33-27(32)31(25-7-5-4-6-8-25)26-15-13-24(14-16-26)30-19-17-22(18-20-30)21-9-11-23(29)12-10-21/h9-16,22,25H,4-8,17-20H2,1-3H3. The van der Waals surface area contributed by atoms with Crippen LogP contribution in [0.3, 0.4) is 0 Å². The third-order valence-electron chi connectivity index (χ3n) is 6.86. The van der Waals surface area contributed by atoms with Crippen molar-refractivity contribution in [1.29, 1.82) is 0 Å². The summed E-state index contributed by atoms with van der Waals surface area (Å²) in [6.45, 7) is 7.70. The highest BCUT2D eigenvalue weighted by Crippen LogP contribution is 2.33. The second-order valence-electron chi connectivity index (χ2n) is 10.5. The van der Waals surface area contributed by atoms with E-state index in [1.54, 1.807) is 12.1 Å². The molecule has 33 heavy (non-hydrogen) atoms. The second-order valence-corrected chi connectivity index (χ2v) is 10.5. The summed E-state index contributed by atoms with van der Waals surface area (Å²) in [6.07, 6.45) is 7.47. The van der Waals surface area contributed by atoms with Crippen molar-refractivity contribution in [2.75, 3.05) is 22.9 Å². The van der Waals surface area contributed by atoms with E-state index >= 15 is 0 Å². The fourth-order valence-electron chi connectivity index (χ4n) is 5.15. The Hall–Kier alpha value is -2.56. The van der Waals surface area contributed by atoms with Gasteiger partial charge in [-0.1, -0.05) is 31.4 Å². The van der Waals surface area contributed by atoms with Gasteiger partial charge in [-0.2, -0.15) is 0 Å². The Kier molecular flexibility index (Phi) is 7.26. The molecular weight excluding hydrogens is 415 g/mol. The molecule has 2 aromatic carbocycles. The van der Waals surface area contributed by atoms with E-state index in [4.69, 9.17) is 4.74 Å². The Bertz CT molecular complexity index is 906. The van der Waals surface area contributed by atoms with Crippen molar-refractivity contribution >= 4 is 17.5 Å². The van der Waals surface area contributed by atoms with Crippen LogP contribution >= 0.6 is 0 Å². The Morgan fingerprint density at radius 1 is 0.909 bits per heavy atom. The van der Waals surface area contributed by atoms with Crippen molar-refractivity contribution in [2.24, 2.45) is 0 Å². The first-order valence-electron chi connectivity index (χ1n) is 12.4. The van der Waals surface area contributed by atoms with E-state index < -0.39 is 5.60 Å². The maximum Gasteiger partial charge on any atom is 0.415 e. The lowest BCUT2D eigenvalue weighted by atomic mass is 9.89. The summed E-state index contributed by atoms with van der Waals surface area (Å²) in [7, 11) is 0. The molecule has 2 aromatic rings. The zero-order valence-electron chi connectivity index (χ0n) is 20.2. The predicted octanol–water partition coefficient (Wildman–Crippen LogP) is 7.28. The predicted molar refractivity (Wildman–Crippen MR) is 133 cm³/mol. The van der Waals surface area contributed by atoms with Crippen LogP contribution in [0.1, 0.15) is 77.2 Å². The molecule has 1 heterocycles. The third kappa shape index (κ3) is 6.07. The second kappa shape index (κ2) is 10.1. The monoisotopic (exact) mass is 452 g/mol. The van der Waals surface area contributed by atoms with Gasteiger partial charge in [-0.3, -0.25) is 4.90 Å². The Labute approximate surface area is 197 Å². The zero-order valence-corrected chi connectivity index (χ0v) is 20.2. The van der Waals surface area contributed by atoms with Crippen molar-refractivity contribution in [2.45, 2.75) is 83.3 Å². The maximum absolute atomic E-state index is 13.2. The molecule has 0 atom stereocenters. The molecule has 0 radical (unpaired) electrons. The lowest BCUT2D eigenvalue weighted by Gasteiger charge is -2.36. The number of rotatable bonds is 4. The molecule has 1 amide bonds. The minimum Gasteiger partial charge on any atom is -0.443 e. The van der Waals surface area contributed by atoms with Gasteiger partial charge in [0.1, 0.15) is 11.4 Å². The van der Waals surface area contributed by atoms with Crippen LogP contribution < -0.4 is 9.80 Å². The number of benzene rings is 2. The number of hydrogen-bond acceptors (Lipinski definition) is 3. The number of carbonyl (C=O) groups excluding carboxylic acids is 1. The first kappa shape index (κ1) is 23.6. The van der Waals surface area contributed by atoms with Crippen LogP contribution in [-0.2, 0) is 4.74 Å². The van der Waals surface area contributed by atoms with Gasteiger partial charge >= 0.3 is 6.09 Å². The fraction of sp³-hybridized carbons (Fsp3) is 0.536. The highest BCUT2D eigenvalue weighted by atomic mass is 19.1. The van der Waals surface area contributed by atoms with Gasteiger partial charge in [-0.05, 0) is 94.3 Å². The topological polar surface area (TPSA) is 32.8 Å². The van der Waals surface area contributed by atoms with Crippen LogP contribution in [0.25, 0.3) is 0 Å². The van der Waals surface area contributed by atoms with Gasteiger partial charge in [0, 0.05) is 30.5 Å². The Morgan fingerprint density at radius 3 is 2.09 bits per heavy atom. The van der Waals surface area contributed by atoms with Crippen LogP contribution in [0.15, 0.2) is 48.5 Å². The Balaban J connectivity index is 1.44. The SMILES string of the molecule is CC(C)(C)OC(=O)N(c1ccc(N2CCC(c3ccc(F)cc3)CC2)cc1)C1CCCCC1. The molecule has 5 heteroatoms. The van der Waals surface area contributed by atoms with Crippen LogP contribution in [0, 0.1) is 5.82 Å². The maximum atomic E-state index is 13.2. The quantitative estimate of drug-likeness (QED) is 0.488. The summed E-state index contributed by atoms with van der Waals surface area (Å²) < 4.78 is 19.0. The molecule has 0 spiro atoms. The average Bonchev–Trinajstić information content (AvgIpc) is 2.80. The molecule has 0 N–H and O–H groups in total. The van der Waals surface area contributed by atoms with Gasteiger partial charge in [0.2, 0.25) is 0 Å². The molecule has 2 aliphatic rings. The molecule has 4 nitrogen and oxygen atoms in total. The average molecular weight is 453 g/mol. The van der Waals surface area contributed by atoms with Crippen LogP contribution in [-0.4, -0.2) is 30.8 Å². The van der Waals surface area contributed by atoms with Crippen LogP contribution in [0.2, 0.25) is 0 Å². The molecule has 178 valence electrons. The van der Waals surface area contributed by atoms with Crippen molar-refractivity contribution in [1.82, 2.24) is 0 Å². The highest BCUT2D eigenvalue weighted by Gasteiger charge is 2.31. The van der Waals surface area contributed by atoms with Gasteiger partial charge in [-0.25, -0.2) is 9.18 Å². The summed E-state index contributed by atoms with van der Waals surface area (Å²) in [5.74, 6) is 0.306. The van der Waals surface area contributed by atoms with Gasteiger partial charge < -0.3 is 9.64 Å². The minimum atomic E-state index is -0.515. The van der Waals surface area contributed by atoms with Gasteiger partial charge in [-0.15, -0.1) is 0 Å². The molecule has 0 bridgehead atoms. The number of ether oxygens (including phenoxy) is 1. The number of amides is 1. The van der Waals surface area contributed by atoms with Crippen molar-refractivity contribution in [3.8, 4) is 0 Å². The minimum absolute atomic E-state index is 0.176. The van der Waals surface area contributed by atoms with Crippen LogP contribution in [0.5, 0.6) is 0 Å². The van der Waals surface area contributed by atoms with Crippen molar-refractivity contribution in [3.05, 3.63) is 59.9 Å². The number of hydrogen-bond donors (Lipinski definition) is 0. The number of carbonyl (C=O) groups is 1. The van der Waals surface area contributed by atoms with Crippen molar-refractivity contribution in [3.63, 3.8) is 0 Å². The smallest absolute Gasteiger partial charge is 0.415 e. The highest BCUT2D eigenvalue weighted by molar-refractivity contribution is 5.89. The first-order chi connectivity index (χ1) is 15.8. The fourth-order valence-corrected chi connectivity index (χ4v) is 5.15. The van der Waals surface area contributed by atoms with E-state index in [1.165, 1.54) is 17.7 Å². The summed E-state index contributed by atoms with van der Waals surface area (Å²) >= 11 is 0. The van der Waals surface area contributed by atoms with Crippen LogP contribution in [0.4, 0.5) is 20.6 Å². The molecule has 0 aromatic heterocycles. The largest absolute Gasteiger partial charge is 0.443 e. The summed E-state index contributed by atoms with van der Waals surface area (Å²) in [6, 6.07) is 15.6. The van der Waals surface area contributed by atoms with E-state index in [9.17, 15) is 9.18 Å². The van der Waals surface area contributed by atoms with E-state index in [0.717, 1.165) is 57.3 Å². The van der Waals surface area contributed by atoms with E-state index in [2.05, 4.69) is 29.2 Å². The molecule has 1 saturated carbocycles. The molecule has 4 rings (SSSR count). The molecule has 0 unspecified atom stereocenters. The number of piperidine rings is 1. The van der Waals surface area contributed by atoms with E-state index in [0.29, 0.717) is 5.92 Å². The lowest BCUT2D eigenvalue weighted by Crippen LogP contribution is -2.44. The molecule has 1 aliphatic heterocycles. The van der Waals surface area contributed by atoms with E-state index in [-0.39, 0.29) is 18.0 Å². The lowest BCUT2D eigenvalue weighted by molar-refractivity contribution is 0.0558. The molecule has 1 aliphatic carbocycles. The summed E-state index contributed by atoms with van der Waals surface area (Å²) in [5.41, 5.74) is 2.82. The number of halogens is 1. The van der Waals surface area contributed by atoms with E-state index in [1.807, 2.05) is 37.8 Å². The van der Waals surface area contributed by atoms with Gasteiger partial charge in [0.15, 0.2) is 0 Å². The number of nitrogens with zero attached hydrogens (tertiary/aromatic N) is 2. The Morgan fingerprint density at radius 2 is 1.52 bits per heavy atom. The zero-order chi connectivity index (χ0) is 23.4. The van der Waals surface area contributed by atoms with Crippen molar-refractivity contribution < 1.29 is 13.9 Å².